The second-order valence-electron chi connectivity index (χ2n) is 4.77. The first-order valence-corrected chi connectivity index (χ1v) is 7.35. The molecule has 5 nitrogen and oxygen atoms in total. The van der Waals surface area contributed by atoms with Gasteiger partial charge in [-0.3, -0.25) is 4.68 Å². The van der Waals surface area contributed by atoms with E-state index < -0.39 is 0 Å². The minimum absolute atomic E-state index is 0.285. The van der Waals surface area contributed by atoms with Crippen molar-refractivity contribution in [3.05, 3.63) is 34.2 Å². The van der Waals surface area contributed by atoms with Gasteiger partial charge < -0.3 is 4.90 Å². The van der Waals surface area contributed by atoms with E-state index >= 15 is 0 Å². The van der Waals surface area contributed by atoms with Crippen LogP contribution < -0.4 is 4.90 Å². The van der Waals surface area contributed by atoms with E-state index in [1.54, 1.807) is 16.0 Å². The molecule has 0 aliphatic carbocycles. The average molecular weight is 308 g/mol. The van der Waals surface area contributed by atoms with Gasteiger partial charge in [-0.25, -0.2) is 4.98 Å². The Bertz CT molecular complexity index is 763. The molecule has 104 valence electrons. The van der Waals surface area contributed by atoms with Crippen LogP contribution in [-0.2, 0) is 13.6 Å². The van der Waals surface area contributed by atoms with Crippen LogP contribution in [0.3, 0.4) is 0 Å². The molecule has 0 atom stereocenters. The number of thiophene rings is 1. The van der Waals surface area contributed by atoms with Crippen LogP contribution in [0.1, 0.15) is 10.4 Å². The molecule has 3 aromatic heterocycles. The minimum atomic E-state index is 0.285. The zero-order chi connectivity index (χ0) is 14.3. The van der Waals surface area contributed by atoms with Crippen LogP contribution in [0.25, 0.3) is 10.2 Å². The van der Waals surface area contributed by atoms with E-state index in [1.165, 1.54) is 4.88 Å². The van der Waals surface area contributed by atoms with Crippen molar-refractivity contribution >= 4 is 39.0 Å². The highest BCUT2D eigenvalue weighted by atomic mass is 35.5. The summed E-state index contributed by atoms with van der Waals surface area (Å²) in [5.41, 5.74) is 1.13. The molecule has 0 aliphatic rings. The van der Waals surface area contributed by atoms with E-state index in [1.807, 2.05) is 26.5 Å². The lowest BCUT2D eigenvalue weighted by Gasteiger charge is -2.18. The van der Waals surface area contributed by atoms with Crippen LogP contribution in [0.15, 0.2) is 18.5 Å². The largest absolute Gasteiger partial charge is 0.355 e. The molecule has 0 aliphatic heterocycles. The monoisotopic (exact) mass is 307 g/mol. The highest BCUT2D eigenvalue weighted by molar-refractivity contribution is 7.18. The lowest BCUT2D eigenvalue weighted by molar-refractivity contribution is 0.766. The van der Waals surface area contributed by atoms with E-state index in [4.69, 9.17) is 11.6 Å². The van der Waals surface area contributed by atoms with Crippen LogP contribution in [0.2, 0.25) is 5.28 Å². The van der Waals surface area contributed by atoms with E-state index in [0.717, 1.165) is 28.1 Å². The Morgan fingerprint density at radius 2 is 2.20 bits per heavy atom. The van der Waals surface area contributed by atoms with Gasteiger partial charge in [-0.15, -0.1) is 11.3 Å². The molecule has 0 fully saturated rings. The molecule has 0 spiro atoms. The summed E-state index contributed by atoms with van der Waals surface area (Å²) in [7, 11) is 3.91. The van der Waals surface area contributed by atoms with Crippen molar-refractivity contribution in [3.63, 3.8) is 0 Å². The highest BCUT2D eigenvalue weighted by Gasteiger charge is 2.14. The van der Waals surface area contributed by atoms with Gasteiger partial charge >= 0.3 is 0 Å². The van der Waals surface area contributed by atoms with Crippen molar-refractivity contribution in [2.24, 2.45) is 7.05 Å². The molecule has 0 aromatic carbocycles. The summed E-state index contributed by atoms with van der Waals surface area (Å²) in [6.45, 7) is 2.79. The number of rotatable bonds is 3. The van der Waals surface area contributed by atoms with Crippen LogP contribution >= 0.6 is 22.9 Å². The third-order valence-electron chi connectivity index (χ3n) is 3.01. The van der Waals surface area contributed by atoms with Crippen LogP contribution in [0.4, 0.5) is 5.82 Å². The molecule has 0 radical (unpaired) electrons. The van der Waals surface area contributed by atoms with Crippen molar-refractivity contribution in [1.29, 1.82) is 0 Å². The third-order valence-corrected chi connectivity index (χ3v) is 4.12. The number of anilines is 1. The third kappa shape index (κ3) is 2.48. The molecule has 0 unspecified atom stereocenters. The smallest absolute Gasteiger partial charge is 0.225 e. The molecule has 3 heterocycles. The van der Waals surface area contributed by atoms with E-state index in [2.05, 4.69) is 33.0 Å². The number of aromatic nitrogens is 4. The molecule has 0 bridgehead atoms. The van der Waals surface area contributed by atoms with Gasteiger partial charge in [0.2, 0.25) is 5.28 Å². The lowest BCUT2D eigenvalue weighted by atomic mass is 10.3. The summed E-state index contributed by atoms with van der Waals surface area (Å²) in [5.74, 6) is 0.855. The molecule has 0 saturated carbocycles. The summed E-state index contributed by atoms with van der Waals surface area (Å²) in [4.78, 5) is 12.9. The molecule has 3 aromatic rings. The van der Waals surface area contributed by atoms with Crippen molar-refractivity contribution in [1.82, 2.24) is 19.7 Å². The quantitative estimate of drug-likeness (QED) is 0.698. The fraction of sp³-hybridized carbons (Fsp3) is 0.308. The summed E-state index contributed by atoms with van der Waals surface area (Å²) in [6, 6.07) is 2.10. The van der Waals surface area contributed by atoms with Crippen LogP contribution in [0.5, 0.6) is 0 Å². The normalized spacial score (nSPS) is 11.2. The van der Waals surface area contributed by atoms with E-state index in [0.29, 0.717) is 0 Å². The maximum Gasteiger partial charge on any atom is 0.225 e. The lowest BCUT2D eigenvalue weighted by Crippen LogP contribution is -2.18. The molecular weight excluding hydrogens is 294 g/mol. The van der Waals surface area contributed by atoms with E-state index in [9.17, 15) is 0 Å². The van der Waals surface area contributed by atoms with Crippen molar-refractivity contribution < 1.29 is 0 Å². The molecule has 3 rings (SSSR count). The first-order valence-electron chi connectivity index (χ1n) is 6.15. The summed E-state index contributed by atoms with van der Waals surface area (Å²) < 4.78 is 1.79. The Kier molecular flexibility index (Phi) is 3.35. The van der Waals surface area contributed by atoms with Crippen LogP contribution in [0, 0.1) is 6.92 Å². The van der Waals surface area contributed by atoms with Crippen LogP contribution in [-0.4, -0.2) is 26.8 Å². The standard InChI is InChI=1S/C13H14ClN5S/c1-8-4-10-11(16-13(14)17-12(10)20-8)18(2)6-9-5-15-19(3)7-9/h4-5,7H,6H2,1-3H3. The number of halogens is 1. The predicted octanol–water partition coefficient (Wildman–Crippen LogP) is 3.02. The first-order chi connectivity index (χ1) is 9.52. The van der Waals surface area contributed by atoms with Gasteiger partial charge in [0, 0.05) is 37.3 Å². The summed E-state index contributed by atoms with van der Waals surface area (Å²) in [5, 5.41) is 5.51. The second kappa shape index (κ2) is 5.03. The second-order valence-corrected chi connectivity index (χ2v) is 6.34. The highest BCUT2D eigenvalue weighted by Crippen LogP contribution is 2.31. The van der Waals surface area contributed by atoms with Gasteiger partial charge in [0.15, 0.2) is 0 Å². The Hall–Kier alpha value is -1.66. The van der Waals surface area contributed by atoms with Crippen molar-refractivity contribution in [2.75, 3.05) is 11.9 Å². The zero-order valence-corrected chi connectivity index (χ0v) is 13.0. The van der Waals surface area contributed by atoms with Gasteiger partial charge in [0.1, 0.15) is 10.6 Å². The number of aryl methyl sites for hydroxylation is 2. The van der Waals surface area contributed by atoms with Gasteiger partial charge in [-0.2, -0.15) is 10.1 Å². The summed E-state index contributed by atoms with van der Waals surface area (Å²) in [6.07, 6.45) is 3.85. The fourth-order valence-corrected chi connectivity index (χ4v) is 3.28. The Balaban J connectivity index is 1.99. The molecule has 0 N–H and O–H groups in total. The number of hydrogen-bond acceptors (Lipinski definition) is 5. The van der Waals surface area contributed by atoms with Gasteiger partial charge in [-0.1, -0.05) is 0 Å². The minimum Gasteiger partial charge on any atom is -0.355 e. The first kappa shape index (κ1) is 13.3. The van der Waals surface area contributed by atoms with Gasteiger partial charge in [0.05, 0.1) is 11.6 Å². The van der Waals surface area contributed by atoms with Gasteiger partial charge in [-0.05, 0) is 24.6 Å². The Morgan fingerprint density at radius 1 is 1.40 bits per heavy atom. The molecule has 0 amide bonds. The summed E-state index contributed by atoms with van der Waals surface area (Å²) >= 11 is 7.66. The molecule has 0 saturated heterocycles. The molecule has 7 heteroatoms. The molecular formula is C13H14ClN5S. The number of nitrogens with zero attached hydrogens (tertiary/aromatic N) is 5. The average Bonchev–Trinajstić information content (AvgIpc) is 2.93. The predicted molar refractivity (Wildman–Crippen MR) is 82.5 cm³/mol. The maximum absolute atomic E-state index is 6.03. The number of fused-ring (bicyclic) bond motifs is 1. The number of hydrogen-bond donors (Lipinski definition) is 0. The van der Waals surface area contributed by atoms with Gasteiger partial charge in [0.25, 0.3) is 0 Å². The van der Waals surface area contributed by atoms with Crippen molar-refractivity contribution in [2.45, 2.75) is 13.5 Å². The van der Waals surface area contributed by atoms with Crippen molar-refractivity contribution in [3.8, 4) is 0 Å². The maximum atomic E-state index is 6.03. The topological polar surface area (TPSA) is 46.8 Å². The van der Waals surface area contributed by atoms with E-state index in [-0.39, 0.29) is 5.28 Å². The SMILES string of the molecule is Cc1cc2c(N(C)Cc3cnn(C)c3)nc(Cl)nc2s1. The zero-order valence-electron chi connectivity index (χ0n) is 11.5. The molecule has 20 heavy (non-hydrogen) atoms. The Labute approximate surface area is 125 Å². The fourth-order valence-electron chi connectivity index (χ4n) is 2.19. The Morgan fingerprint density at radius 3 is 2.90 bits per heavy atom.